The molecule has 0 aliphatic carbocycles. The van der Waals surface area contributed by atoms with Crippen LogP contribution in [0.5, 0.6) is 5.75 Å². The van der Waals surface area contributed by atoms with Crippen LogP contribution in [0.25, 0.3) is 32.1 Å². The van der Waals surface area contributed by atoms with E-state index in [4.69, 9.17) is 21.1 Å². The van der Waals surface area contributed by atoms with Crippen molar-refractivity contribution in [1.82, 2.24) is 9.55 Å². The average molecular weight is 576 g/mol. The number of esters is 1. The van der Waals surface area contributed by atoms with Gasteiger partial charge in [-0.3, -0.25) is 14.9 Å². The fraction of sp³-hybridized carbons (Fsp3) is 0.200. The van der Waals surface area contributed by atoms with Crippen LogP contribution in [-0.4, -0.2) is 34.1 Å². The van der Waals surface area contributed by atoms with Crippen LogP contribution in [0.15, 0.2) is 71.5 Å². The zero-order valence-electron chi connectivity index (χ0n) is 22.1. The third kappa shape index (κ3) is 5.30. The molecular formula is C30H26ClN3O5S. The first-order chi connectivity index (χ1) is 19.3. The van der Waals surface area contributed by atoms with Crippen LogP contribution in [0.2, 0.25) is 5.02 Å². The van der Waals surface area contributed by atoms with Crippen LogP contribution >= 0.6 is 22.9 Å². The molecule has 3 aromatic carbocycles. The molecule has 0 bridgehead atoms. The van der Waals surface area contributed by atoms with Crippen molar-refractivity contribution < 1.29 is 19.1 Å². The topological polar surface area (TPSA) is 99.5 Å². The lowest BCUT2D eigenvalue weighted by Gasteiger charge is -2.20. The standard InChI is InChI=1S/C30H26ClN3O5S/c1-4-23(27(35)33-30-32-22-15-14-19(38-5-2)16-24(22)40-30)39-29(37)26-25(17-10-12-18(31)13-11-17)20-8-6-7-9-21(20)28(36)34(26)3/h6-16,23H,4-5H2,1-3H3,(H,32,33,35). The van der Waals surface area contributed by atoms with Gasteiger partial charge >= 0.3 is 5.97 Å². The van der Waals surface area contributed by atoms with Gasteiger partial charge in [-0.25, -0.2) is 9.78 Å². The van der Waals surface area contributed by atoms with E-state index in [2.05, 4.69) is 10.3 Å². The SMILES string of the molecule is CCOc1ccc2nc(NC(=O)C(CC)OC(=O)c3c(-c4ccc(Cl)cc4)c4ccccc4c(=O)n3C)sc2c1. The average Bonchev–Trinajstić information content (AvgIpc) is 3.35. The first-order valence-electron chi connectivity index (χ1n) is 12.7. The summed E-state index contributed by atoms with van der Waals surface area (Å²) in [5.41, 5.74) is 1.61. The number of hydrogen-bond donors (Lipinski definition) is 1. The van der Waals surface area contributed by atoms with Gasteiger partial charge in [-0.2, -0.15) is 0 Å². The fourth-order valence-electron chi connectivity index (χ4n) is 4.52. The molecule has 5 rings (SSSR count). The van der Waals surface area contributed by atoms with E-state index < -0.39 is 18.0 Å². The highest BCUT2D eigenvalue weighted by Gasteiger charge is 2.28. The van der Waals surface area contributed by atoms with Gasteiger partial charge in [-0.1, -0.05) is 60.2 Å². The van der Waals surface area contributed by atoms with Crippen molar-refractivity contribution in [2.75, 3.05) is 11.9 Å². The van der Waals surface area contributed by atoms with Crippen molar-refractivity contribution in [3.05, 3.63) is 87.8 Å². The Hall–Kier alpha value is -4.21. The summed E-state index contributed by atoms with van der Waals surface area (Å²) >= 11 is 7.41. The molecule has 8 nitrogen and oxygen atoms in total. The van der Waals surface area contributed by atoms with Crippen LogP contribution < -0.4 is 15.6 Å². The van der Waals surface area contributed by atoms with E-state index in [1.54, 1.807) is 55.5 Å². The van der Waals surface area contributed by atoms with Crippen LogP contribution in [0.4, 0.5) is 5.13 Å². The lowest BCUT2D eigenvalue weighted by atomic mass is 9.96. The largest absolute Gasteiger partial charge is 0.494 e. The van der Waals surface area contributed by atoms with Gasteiger partial charge in [0.1, 0.15) is 11.4 Å². The third-order valence-corrected chi connectivity index (χ3v) is 7.63. The summed E-state index contributed by atoms with van der Waals surface area (Å²) < 4.78 is 13.4. The van der Waals surface area contributed by atoms with Gasteiger partial charge in [-0.15, -0.1) is 0 Å². The minimum atomic E-state index is -1.11. The van der Waals surface area contributed by atoms with E-state index >= 15 is 0 Å². The van der Waals surface area contributed by atoms with Crippen LogP contribution in [0, 0.1) is 0 Å². The molecule has 10 heteroatoms. The van der Waals surface area contributed by atoms with Gasteiger partial charge in [0.25, 0.3) is 11.5 Å². The number of nitrogens with zero attached hydrogens (tertiary/aromatic N) is 2. The number of hydrogen-bond acceptors (Lipinski definition) is 7. The maximum Gasteiger partial charge on any atom is 0.356 e. The minimum Gasteiger partial charge on any atom is -0.494 e. The van der Waals surface area contributed by atoms with Crippen molar-refractivity contribution in [2.45, 2.75) is 26.4 Å². The Balaban J connectivity index is 1.47. The number of anilines is 1. The number of benzene rings is 3. The molecular weight excluding hydrogens is 550 g/mol. The van der Waals surface area contributed by atoms with Gasteiger partial charge in [-0.05, 0) is 60.7 Å². The second kappa shape index (κ2) is 11.5. The predicted molar refractivity (Wildman–Crippen MR) is 159 cm³/mol. The molecule has 40 heavy (non-hydrogen) atoms. The number of nitrogens with one attached hydrogen (secondary N) is 1. The first-order valence-corrected chi connectivity index (χ1v) is 13.9. The summed E-state index contributed by atoms with van der Waals surface area (Å²) in [7, 11) is 1.52. The van der Waals surface area contributed by atoms with E-state index in [9.17, 15) is 14.4 Å². The Bertz CT molecular complexity index is 1800. The summed E-state index contributed by atoms with van der Waals surface area (Å²) in [4.78, 5) is 44.5. The van der Waals surface area contributed by atoms with E-state index in [0.29, 0.717) is 44.2 Å². The molecule has 1 unspecified atom stereocenters. The number of pyridine rings is 1. The molecule has 2 aromatic heterocycles. The van der Waals surface area contributed by atoms with Crippen LogP contribution in [0.3, 0.4) is 0 Å². The Kier molecular flexibility index (Phi) is 7.86. The molecule has 5 aromatic rings. The lowest BCUT2D eigenvalue weighted by Crippen LogP contribution is -2.34. The quantitative estimate of drug-likeness (QED) is 0.214. The van der Waals surface area contributed by atoms with Gasteiger partial charge in [0.05, 0.1) is 16.8 Å². The molecule has 2 heterocycles. The monoisotopic (exact) mass is 575 g/mol. The summed E-state index contributed by atoms with van der Waals surface area (Å²) in [5.74, 6) is -0.587. The lowest BCUT2D eigenvalue weighted by molar-refractivity contribution is -0.124. The summed E-state index contributed by atoms with van der Waals surface area (Å²) in [5, 5.41) is 4.73. The molecule has 0 spiro atoms. The van der Waals surface area contributed by atoms with Crippen LogP contribution in [0.1, 0.15) is 30.8 Å². The zero-order valence-corrected chi connectivity index (χ0v) is 23.6. The van der Waals surface area contributed by atoms with Gasteiger partial charge in [0.15, 0.2) is 11.2 Å². The second-order valence-electron chi connectivity index (χ2n) is 9.01. The summed E-state index contributed by atoms with van der Waals surface area (Å²) in [6.45, 7) is 4.19. The highest BCUT2D eigenvalue weighted by atomic mass is 35.5. The molecule has 0 saturated carbocycles. The van der Waals surface area contributed by atoms with Gasteiger partial charge < -0.3 is 14.0 Å². The van der Waals surface area contributed by atoms with E-state index in [1.807, 2.05) is 25.1 Å². The smallest absolute Gasteiger partial charge is 0.356 e. The Morgan fingerprint density at radius 3 is 2.48 bits per heavy atom. The van der Waals surface area contributed by atoms with E-state index in [1.165, 1.54) is 23.0 Å². The molecule has 0 radical (unpaired) electrons. The number of fused-ring (bicyclic) bond motifs is 2. The van der Waals surface area contributed by atoms with E-state index in [0.717, 1.165) is 10.4 Å². The van der Waals surface area contributed by atoms with Gasteiger partial charge in [0, 0.05) is 23.0 Å². The molecule has 0 aliphatic rings. The number of carbonyl (C=O) groups is 2. The maximum absolute atomic E-state index is 13.7. The number of carbonyl (C=O) groups excluding carboxylic acids is 2. The number of ether oxygens (including phenoxy) is 2. The first kappa shape index (κ1) is 27.4. The fourth-order valence-corrected chi connectivity index (χ4v) is 5.54. The van der Waals surface area contributed by atoms with Gasteiger partial charge in [0.2, 0.25) is 0 Å². The van der Waals surface area contributed by atoms with Crippen molar-refractivity contribution in [3.63, 3.8) is 0 Å². The van der Waals surface area contributed by atoms with Crippen LogP contribution in [-0.2, 0) is 16.6 Å². The summed E-state index contributed by atoms with van der Waals surface area (Å²) in [6, 6.07) is 19.5. The number of rotatable bonds is 8. The molecule has 204 valence electrons. The van der Waals surface area contributed by atoms with Crippen molar-refractivity contribution >= 4 is 60.9 Å². The molecule has 0 fully saturated rings. The molecule has 0 aliphatic heterocycles. The predicted octanol–water partition coefficient (Wildman–Crippen LogP) is 6.44. The van der Waals surface area contributed by atoms with Crippen molar-refractivity contribution in [1.29, 1.82) is 0 Å². The number of aromatic nitrogens is 2. The Morgan fingerprint density at radius 1 is 1.05 bits per heavy atom. The molecule has 1 amide bonds. The maximum atomic E-state index is 13.7. The highest BCUT2D eigenvalue weighted by Crippen LogP contribution is 2.33. The Morgan fingerprint density at radius 2 is 1.77 bits per heavy atom. The normalized spacial score (nSPS) is 11.9. The molecule has 1 atom stereocenters. The van der Waals surface area contributed by atoms with Crippen molar-refractivity contribution in [2.24, 2.45) is 7.05 Å². The van der Waals surface area contributed by atoms with E-state index in [-0.39, 0.29) is 17.7 Å². The number of amides is 1. The molecule has 1 N–H and O–H groups in total. The zero-order chi connectivity index (χ0) is 28.4. The number of thiazole rings is 1. The summed E-state index contributed by atoms with van der Waals surface area (Å²) in [6.07, 6.45) is -0.896. The minimum absolute atomic E-state index is 0.0423. The Labute approximate surface area is 239 Å². The highest BCUT2D eigenvalue weighted by molar-refractivity contribution is 7.22. The molecule has 0 saturated heterocycles. The number of halogens is 1. The third-order valence-electron chi connectivity index (χ3n) is 6.44. The van der Waals surface area contributed by atoms with Crippen molar-refractivity contribution in [3.8, 4) is 16.9 Å². The second-order valence-corrected chi connectivity index (χ2v) is 10.5.